The maximum atomic E-state index is 6.47. The van der Waals surface area contributed by atoms with E-state index in [0.29, 0.717) is 0 Å². The molecule has 5 heteroatoms. The molecule has 3 N–H and O–H groups in total. The maximum Gasteiger partial charge on any atom is 0.127 e. The summed E-state index contributed by atoms with van der Waals surface area (Å²) in [5.74, 6) is 1.19. The lowest BCUT2D eigenvalue weighted by atomic mass is 9.83. The fourth-order valence-electron chi connectivity index (χ4n) is 5.06. The van der Waals surface area contributed by atoms with Crippen molar-refractivity contribution in [1.29, 1.82) is 0 Å². The van der Waals surface area contributed by atoms with E-state index in [1.54, 1.807) is 0 Å². The molecule has 3 aromatic rings. The Kier molecular flexibility index (Phi) is 4.14. The van der Waals surface area contributed by atoms with Crippen molar-refractivity contribution in [2.45, 2.75) is 59.1 Å². The summed E-state index contributed by atoms with van der Waals surface area (Å²) in [4.78, 5) is 0. The standard InChI is InChI=1S/C25H30N4O/c1-14-15(2)24-21(16(3)22(14)26)19(25(4,5)30-24)13-29-12-10-20(28-29)18-8-6-7-17-9-11-27-23(17)18/h6-8,10,12,19,27H,9,11,13,26H2,1-5H3/t19-/m1/s1. The van der Waals surface area contributed by atoms with E-state index in [1.807, 2.05) is 0 Å². The molecule has 5 rings (SSSR count). The van der Waals surface area contributed by atoms with Crippen LogP contribution >= 0.6 is 0 Å². The molecular formula is C25H30N4O. The van der Waals surface area contributed by atoms with Crippen LogP contribution < -0.4 is 15.8 Å². The first-order valence-electron chi connectivity index (χ1n) is 10.8. The molecule has 2 aliphatic rings. The summed E-state index contributed by atoms with van der Waals surface area (Å²) in [5.41, 5.74) is 16.4. The Hall–Kier alpha value is -2.95. The molecule has 2 aromatic carbocycles. The van der Waals surface area contributed by atoms with E-state index in [4.69, 9.17) is 15.6 Å². The predicted octanol–water partition coefficient (Wildman–Crippen LogP) is 4.98. The number of rotatable bonds is 3. The lowest BCUT2D eigenvalue weighted by Crippen LogP contribution is -2.33. The van der Waals surface area contributed by atoms with Gasteiger partial charge in [0.15, 0.2) is 0 Å². The number of anilines is 2. The van der Waals surface area contributed by atoms with Crippen LogP contribution in [0.4, 0.5) is 11.4 Å². The van der Waals surface area contributed by atoms with Gasteiger partial charge in [-0.1, -0.05) is 18.2 Å². The van der Waals surface area contributed by atoms with Gasteiger partial charge in [-0.15, -0.1) is 0 Å². The maximum absolute atomic E-state index is 6.47. The number of nitrogens with one attached hydrogen (secondary N) is 1. The van der Waals surface area contributed by atoms with Crippen molar-refractivity contribution < 1.29 is 4.74 Å². The van der Waals surface area contributed by atoms with E-state index in [1.165, 1.54) is 22.4 Å². The number of hydrogen-bond donors (Lipinski definition) is 2. The number of para-hydroxylation sites is 1. The molecular weight excluding hydrogens is 372 g/mol. The molecule has 2 aliphatic heterocycles. The SMILES string of the molecule is Cc1c(C)c2c(c(C)c1N)[C@@H](Cn1ccc(-c3cccc4c3NCC4)n1)C(C)(C)O2. The summed E-state index contributed by atoms with van der Waals surface area (Å²) < 4.78 is 8.53. The molecule has 0 radical (unpaired) electrons. The van der Waals surface area contributed by atoms with Crippen molar-refractivity contribution >= 4 is 11.4 Å². The Morgan fingerprint density at radius 1 is 1.17 bits per heavy atom. The number of hydrogen-bond acceptors (Lipinski definition) is 4. The van der Waals surface area contributed by atoms with Gasteiger partial charge in [0.1, 0.15) is 11.4 Å². The van der Waals surface area contributed by atoms with Gasteiger partial charge in [0.25, 0.3) is 0 Å². The molecule has 0 bridgehead atoms. The van der Waals surface area contributed by atoms with Crippen LogP contribution in [0.2, 0.25) is 0 Å². The highest BCUT2D eigenvalue weighted by atomic mass is 16.5. The third-order valence-electron chi connectivity index (χ3n) is 7.05. The highest BCUT2D eigenvalue weighted by Crippen LogP contribution is 2.51. The third-order valence-corrected chi connectivity index (χ3v) is 7.05. The van der Waals surface area contributed by atoms with Gasteiger partial charge in [0, 0.05) is 41.2 Å². The molecule has 0 saturated carbocycles. The fraction of sp³-hybridized carbons (Fsp3) is 0.400. The van der Waals surface area contributed by atoms with Crippen LogP contribution in [-0.4, -0.2) is 21.9 Å². The van der Waals surface area contributed by atoms with Crippen LogP contribution in [-0.2, 0) is 13.0 Å². The Morgan fingerprint density at radius 2 is 1.97 bits per heavy atom. The molecule has 30 heavy (non-hydrogen) atoms. The second kappa shape index (κ2) is 6.53. The molecule has 1 aromatic heterocycles. The zero-order valence-electron chi connectivity index (χ0n) is 18.5. The monoisotopic (exact) mass is 402 g/mol. The molecule has 1 atom stereocenters. The number of aromatic nitrogens is 2. The Balaban J connectivity index is 1.52. The molecule has 5 nitrogen and oxygen atoms in total. The fourth-order valence-corrected chi connectivity index (χ4v) is 5.06. The largest absolute Gasteiger partial charge is 0.487 e. The lowest BCUT2D eigenvalue weighted by Gasteiger charge is -2.27. The highest BCUT2D eigenvalue weighted by Gasteiger charge is 2.44. The molecule has 0 spiro atoms. The summed E-state index contributed by atoms with van der Waals surface area (Å²) in [5, 5.41) is 8.46. The number of nitrogen functional groups attached to an aromatic ring is 1. The number of benzene rings is 2. The average molecular weight is 403 g/mol. The van der Waals surface area contributed by atoms with E-state index >= 15 is 0 Å². The first-order valence-corrected chi connectivity index (χ1v) is 10.8. The first kappa shape index (κ1) is 19.0. The smallest absolute Gasteiger partial charge is 0.127 e. The Labute approximate surface area is 178 Å². The molecule has 0 fully saturated rings. The van der Waals surface area contributed by atoms with Gasteiger partial charge < -0.3 is 15.8 Å². The molecule has 0 amide bonds. The molecule has 0 aliphatic carbocycles. The summed E-state index contributed by atoms with van der Waals surface area (Å²) in [7, 11) is 0. The Morgan fingerprint density at radius 3 is 2.77 bits per heavy atom. The van der Waals surface area contributed by atoms with Crippen LogP contribution in [0.25, 0.3) is 11.3 Å². The Bertz CT molecular complexity index is 1160. The second-order valence-electron chi connectivity index (χ2n) is 9.23. The minimum atomic E-state index is -0.320. The molecule has 156 valence electrons. The molecule has 0 unspecified atom stereocenters. The minimum Gasteiger partial charge on any atom is -0.487 e. The van der Waals surface area contributed by atoms with Crippen LogP contribution in [0.1, 0.15) is 47.6 Å². The van der Waals surface area contributed by atoms with Crippen LogP contribution in [0.3, 0.4) is 0 Å². The van der Waals surface area contributed by atoms with E-state index in [9.17, 15) is 0 Å². The van der Waals surface area contributed by atoms with Crippen LogP contribution in [0.15, 0.2) is 30.5 Å². The van der Waals surface area contributed by atoms with Gasteiger partial charge in [0.05, 0.1) is 12.2 Å². The lowest BCUT2D eigenvalue weighted by molar-refractivity contribution is 0.101. The number of nitrogens with zero attached hydrogens (tertiary/aromatic N) is 2. The van der Waals surface area contributed by atoms with E-state index in [-0.39, 0.29) is 11.5 Å². The topological polar surface area (TPSA) is 65.1 Å². The number of nitrogens with two attached hydrogens (primary N) is 1. The van der Waals surface area contributed by atoms with Crippen molar-refractivity contribution in [3.8, 4) is 17.0 Å². The molecule has 3 heterocycles. The summed E-state index contributed by atoms with van der Waals surface area (Å²) in [6, 6.07) is 8.59. The van der Waals surface area contributed by atoms with E-state index in [0.717, 1.165) is 53.3 Å². The normalized spacial score (nSPS) is 18.6. The highest BCUT2D eigenvalue weighted by molar-refractivity contribution is 5.79. The van der Waals surface area contributed by atoms with Crippen LogP contribution in [0.5, 0.6) is 5.75 Å². The third kappa shape index (κ3) is 2.72. The van der Waals surface area contributed by atoms with Crippen molar-refractivity contribution in [3.63, 3.8) is 0 Å². The zero-order chi connectivity index (χ0) is 21.2. The van der Waals surface area contributed by atoms with Crippen molar-refractivity contribution in [3.05, 3.63) is 58.3 Å². The predicted molar refractivity (Wildman–Crippen MR) is 122 cm³/mol. The summed E-state index contributed by atoms with van der Waals surface area (Å²) in [6.45, 7) is 12.4. The summed E-state index contributed by atoms with van der Waals surface area (Å²) in [6.07, 6.45) is 3.16. The number of ether oxygens (including phenoxy) is 1. The molecule has 0 saturated heterocycles. The zero-order valence-corrected chi connectivity index (χ0v) is 18.5. The van der Waals surface area contributed by atoms with Gasteiger partial charge >= 0.3 is 0 Å². The van der Waals surface area contributed by atoms with Gasteiger partial charge in [0.2, 0.25) is 0 Å². The van der Waals surface area contributed by atoms with Crippen molar-refractivity contribution in [2.75, 3.05) is 17.6 Å². The average Bonchev–Trinajstić information content (AvgIpc) is 3.43. The quantitative estimate of drug-likeness (QED) is 0.607. The minimum absolute atomic E-state index is 0.182. The number of fused-ring (bicyclic) bond motifs is 2. The summed E-state index contributed by atoms with van der Waals surface area (Å²) >= 11 is 0. The van der Waals surface area contributed by atoms with Gasteiger partial charge in [-0.25, -0.2) is 0 Å². The van der Waals surface area contributed by atoms with Crippen molar-refractivity contribution in [1.82, 2.24) is 9.78 Å². The first-order chi connectivity index (χ1) is 14.3. The van der Waals surface area contributed by atoms with Gasteiger partial charge in [-0.05, 0) is 69.4 Å². The van der Waals surface area contributed by atoms with Gasteiger partial charge in [-0.3, -0.25) is 4.68 Å². The van der Waals surface area contributed by atoms with Crippen LogP contribution in [0, 0.1) is 20.8 Å². The second-order valence-corrected chi connectivity index (χ2v) is 9.23. The van der Waals surface area contributed by atoms with Crippen molar-refractivity contribution in [2.24, 2.45) is 0 Å². The van der Waals surface area contributed by atoms with E-state index < -0.39 is 0 Å². The van der Waals surface area contributed by atoms with Gasteiger partial charge in [-0.2, -0.15) is 5.10 Å². The van der Waals surface area contributed by atoms with E-state index in [2.05, 4.69) is 75.1 Å².